The third kappa shape index (κ3) is 5.33. The largest absolute Gasteiger partial charge is 0.483 e. The van der Waals surface area contributed by atoms with Crippen molar-refractivity contribution in [1.82, 2.24) is 15.2 Å². The van der Waals surface area contributed by atoms with Crippen LogP contribution in [-0.4, -0.2) is 34.2 Å². The Morgan fingerprint density at radius 3 is 2.27 bits per heavy atom. The molecular formula is C23H23F3N4O3. The highest BCUT2D eigenvalue weighted by Gasteiger charge is 2.41. The van der Waals surface area contributed by atoms with E-state index >= 15 is 0 Å². The molecule has 1 aromatic heterocycles. The monoisotopic (exact) mass is 460 g/mol. The summed E-state index contributed by atoms with van der Waals surface area (Å²) in [5.41, 5.74) is 1.65. The lowest BCUT2D eigenvalue weighted by molar-refractivity contribution is -0.123. The third-order valence-corrected chi connectivity index (χ3v) is 4.84. The van der Waals surface area contributed by atoms with Crippen molar-refractivity contribution in [2.24, 2.45) is 5.10 Å². The molecule has 0 aliphatic carbocycles. The molecule has 0 saturated carbocycles. The van der Waals surface area contributed by atoms with E-state index in [2.05, 4.69) is 10.2 Å². The number of aryl methyl sites for hydroxylation is 4. The molecule has 1 heterocycles. The normalized spacial score (nSPS) is 12.0. The van der Waals surface area contributed by atoms with E-state index in [-0.39, 0.29) is 5.69 Å². The molecule has 0 spiro atoms. The zero-order valence-corrected chi connectivity index (χ0v) is 18.5. The van der Waals surface area contributed by atoms with Gasteiger partial charge in [-0.05, 0) is 51.0 Å². The number of ether oxygens (including phenoxy) is 1. The lowest BCUT2D eigenvalue weighted by Crippen LogP contribution is -2.34. The number of benzene rings is 2. The number of aromatic nitrogens is 2. The number of H-pyrrole nitrogens is 1. The minimum Gasteiger partial charge on any atom is -0.483 e. The van der Waals surface area contributed by atoms with Crippen LogP contribution in [0.4, 0.5) is 13.2 Å². The molecule has 3 aromatic rings. The van der Waals surface area contributed by atoms with Crippen LogP contribution in [0.1, 0.15) is 27.9 Å². The molecule has 7 nitrogen and oxygen atoms in total. The molecule has 3 rings (SSSR count). The van der Waals surface area contributed by atoms with Crippen LogP contribution in [0, 0.1) is 27.7 Å². The number of aromatic amines is 1. The lowest BCUT2D eigenvalue weighted by Gasteiger charge is -2.13. The average Bonchev–Trinajstić information content (AvgIpc) is 3.01. The Kier molecular flexibility index (Phi) is 6.75. The van der Waals surface area contributed by atoms with Crippen molar-refractivity contribution in [3.8, 4) is 11.4 Å². The molecule has 174 valence electrons. The number of hydrogen-bond acceptors (Lipinski definition) is 4. The summed E-state index contributed by atoms with van der Waals surface area (Å²) in [6.07, 6.45) is -4.99. The van der Waals surface area contributed by atoms with E-state index < -0.39 is 35.5 Å². The highest BCUT2D eigenvalue weighted by atomic mass is 19.4. The van der Waals surface area contributed by atoms with Crippen LogP contribution >= 0.6 is 0 Å². The molecule has 33 heavy (non-hydrogen) atoms. The van der Waals surface area contributed by atoms with Crippen molar-refractivity contribution in [2.75, 3.05) is 6.61 Å². The molecule has 0 saturated heterocycles. The van der Waals surface area contributed by atoms with Gasteiger partial charge in [0.15, 0.2) is 12.3 Å². The number of hydrazone groups is 1. The first-order chi connectivity index (χ1) is 15.5. The summed E-state index contributed by atoms with van der Waals surface area (Å²) in [7, 11) is 0. The molecule has 0 aliphatic rings. The number of alkyl halides is 3. The number of hydrogen-bond donors (Lipinski definition) is 2. The fraction of sp³-hybridized carbons (Fsp3) is 0.261. The number of halogens is 3. The van der Waals surface area contributed by atoms with Gasteiger partial charge in [0, 0.05) is 5.69 Å². The van der Waals surface area contributed by atoms with Crippen molar-refractivity contribution in [3.63, 3.8) is 0 Å². The standard InChI is InChI=1S/C23H23F3N4O3/c1-13-10-14(2)20(15(3)11-13)33-12-18(31)27-28-21(23(24,25)26)19-16(4)29-30(22(19)32)17-8-6-5-7-9-17/h5-11,29H,12H2,1-4H3,(H,27,31)/b28-21-. The molecule has 1 amide bonds. The van der Waals surface area contributed by atoms with E-state index in [0.29, 0.717) is 11.4 Å². The first kappa shape index (κ1) is 23.8. The second-order valence-electron chi connectivity index (χ2n) is 7.60. The summed E-state index contributed by atoms with van der Waals surface area (Å²) in [5, 5.41) is 5.86. The minimum absolute atomic E-state index is 0.0451. The number of amides is 1. The quantitative estimate of drug-likeness (QED) is 0.433. The molecule has 0 radical (unpaired) electrons. The van der Waals surface area contributed by atoms with Gasteiger partial charge in [0.2, 0.25) is 0 Å². The topological polar surface area (TPSA) is 88.5 Å². The Balaban J connectivity index is 1.85. The molecule has 10 heteroatoms. The summed E-state index contributed by atoms with van der Waals surface area (Å²) < 4.78 is 47.7. The SMILES string of the molecule is Cc1cc(C)c(OCC(=O)N/N=C(/c2c(C)[nH]n(-c3ccccc3)c2=O)C(F)(F)F)c(C)c1. The van der Waals surface area contributed by atoms with E-state index in [1.165, 1.54) is 6.92 Å². The Morgan fingerprint density at radius 2 is 1.70 bits per heavy atom. The number of carbonyl (C=O) groups is 1. The van der Waals surface area contributed by atoms with Gasteiger partial charge in [-0.3, -0.25) is 14.7 Å². The van der Waals surface area contributed by atoms with Crippen molar-refractivity contribution in [1.29, 1.82) is 0 Å². The molecule has 2 N–H and O–H groups in total. The molecule has 0 fully saturated rings. The maximum atomic E-state index is 13.7. The third-order valence-electron chi connectivity index (χ3n) is 4.84. The van der Waals surface area contributed by atoms with E-state index in [9.17, 15) is 22.8 Å². The lowest BCUT2D eigenvalue weighted by atomic mass is 10.1. The highest BCUT2D eigenvalue weighted by Crippen LogP contribution is 2.25. The zero-order chi connectivity index (χ0) is 24.3. The van der Waals surface area contributed by atoms with Crippen molar-refractivity contribution in [3.05, 3.63) is 80.8 Å². The summed E-state index contributed by atoms with van der Waals surface area (Å²) in [6, 6.07) is 11.9. The van der Waals surface area contributed by atoms with Crippen molar-refractivity contribution in [2.45, 2.75) is 33.9 Å². The van der Waals surface area contributed by atoms with Gasteiger partial charge in [0.25, 0.3) is 11.5 Å². The minimum atomic E-state index is -4.99. The smallest absolute Gasteiger partial charge is 0.435 e. The number of rotatable bonds is 6. The van der Waals surface area contributed by atoms with Gasteiger partial charge in [-0.15, -0.1) is 0 Å². The number of para-hydroxylation sites is 1. The van der Waals surface area contributed by atoms with Crippen LogP contribution in [0.15, 0.2) is 52.4 Å². The Morgan fingerprint density at radius 1 is 1.09 bits per heavy atom. The van der Waals surface area contributed by atoms with Gasteiger partial charge >= 0.3 is 6.18 Å². The van der Waals surface area contributed by atoms with Gasteiger partial charge in [-0.2, -0.15) is 18.3 Å². The van der Waals surface area contributed by atoms with E-state index in [1.807, 2.05) is 24.5 Å². The highest BCUT2D eigenvalue weighted by molar-refractivity contribution is 6.05. The average molecular weight is 460 g/mol. The first-order valence-corrected chi connectivity index (χ1v) is 10.0. The first-order valence-electron chi connectivity index (χ1n) is 10.0. The number of carbonyl (C=O) groups excluding carboxylic acids is 1. The predicted molar refractivity (Wildman–Crippen MR) is 118 cm³/mol. The van der Waals surface area contributed by atoms with Gasteiger partial charge < -0.3 is 4.74 Å². The van der Waals surface area contributed by atoms with Crippen molar-refractivity contribution < 1.29 is 22.7 Å². The predicted octanol–water partition coefficient (Wildman–Crippen LogP) is 3.86. The second-order valence-corrected chi connectivity index (χ2v) is 7.60. The van der Waals surface area contributed by atoms with Crippen LogP contribution in [0.25, 0.3) is 5.69 Å². The summed E-state index contributed by atoms with van der Waals surface area (Å²) in [6.45, 7) is 6.31. The summed E-state index contributed by atoms with van der Waals surface area (Å²) in [5.74, 6) is -0.421. The van der Waals surface area contributed by atoms with Crippen LogP contribution in [0.2, 0.25) is 0 Å². The number of nitrogens with zero attached hydrogens (tertiary/aromatic N) is 2. The molecule has 0 aliphatic heterocycles. The van der Waals surface area contributed by atoms with Crippen LogP contribution in [-0.2, 0) is 4.79 Å². The maximum Gasteiger partial charge on any atom is 0.435 e. The number of nitrogens with one attached hydrogen (secondary N) is 2. The van der Waals surface area contributed by atoms with Crippen LogP contribution in [0.5, 0.6) is 5.75 Å². The fourth-order valence-electron chi connectivity index (χ4n) is 3.53. The summed E-state index contributed by atoms with van der Waals surface area (Å²) >= 11 is 0. The zero-order valence-electron chi connectivity index (χ0n) is 18.5. The fourth-order valence-corrected chi connectivity index (χ4v) is 3.53. The van der Waals surface area contributed by atoms with E-state index in [1.54, 1.807) is 44.2 Å². The summed E-state index contributed by atoms with van der Waals surface area (Å²) in [4.78, 5) is 24.9. The van der Waals surface area contributed by atoms with Crippen LogP contribution < -0.4 is 15.7 Å². The Bertz CT molecular complexity index is 1240. The van der Waals surface area contributed by atoms with Gasteiger partial charge in [-0.25, -0.2) is 10.1 Å². The van der Waals surface area contributed by atoms with Gasteiger partial charge in [0.1, 0.15) is 5.75 Å². The Labute approximate surface area is 187 Å². The molecule has 2 aromatic carbocycles. The van der Waals surface area contributed by atoms with E-state index in [0.717, 1.165) is 21.4 Å². The second kappa shape index (κ2) is 9.35. The van der Waals surface area contributed by atoms with Crippen molar-refractivity contribution >= 4 is 11.6 Å². The maximum absolute atomic E-state index is 13.7. The Hall–Kier alpha value is -3.82. The van der Waals surface area contributed by atoms with Crippen LogP contribution in [0.3, 0.4) is 0 Å². The molecule has 0 atom stereocenters. The van der Waals surface area contributed by atoms with Gasteiger partial charge in [0.05, 0.1) is 11.3 Å². The van der Waals surface area contributed by atoms with Gasteiger partial charge in [-0.1, -0.05) is 35.9 Å². The molecular weight excluding hydrogens is 437 g/mol. The van der Waals surface area contributed by atoms with E-state index in [4.69, 9.17) is 4.74 Å². The molecule has 0 bridgehead atoms. The molecule has 0 unspecified atom stereocenters.